The molecule has 2 fully saturated rings. The van der Waals surface area contributed by atoms with Crippen LogP contribution in [0.1, 0.15) is 51.2 Å². The van der Waals surface area contributed by atoms with Crippen LogP contribution < -0.4 is 15.4 Å². The Balaban J connectivity index is 1.59. The van der Waals surface area contributed by atoms with Gasteiger partial charge in [0.2, 0.25) is 0 Å². The highest BCUT2D eigenvalue weighted by Gasteiger charge is 2.32. The van der Waals surface area contributed by atoms with E-state index < -0.39 is 0 Å². The summed E-state index contributed by atoms with van der Waals surface area (Å²) in [6, 6.07) is 6.99. The average Bonchev–Trinajstić information content (AvgIpc) is 3.19. The molecule has 0 spiro atoms. The van der Waals surface area contributed by atoms with Gasteiger partial charge in [0.05, 0.1) is 25.4 Å². The monoisotopic (exact) mass is 402 g/mol. The SMILES string of the molecule is CCNC(=NCc1ccc(C)cc1OC(C)CC)NCC1CN2CCCC2CO1. The molecule has 1 aromatic rings. The van der Waals surface area contributed by atoms with E-state index in [9.17, 15) is 0 Å². The van der Waals surface area contributed by atoms with Gasteiger partial charge in [0.1, 0.15) is 5.75 Å². The van der Waals surface area contributed by atoms with Crippen molar-refractivity contribution in [3.8, 4) is 5.75 Å². The van der Waals surface area contributed by atoms with Crippen LogP contribution >= 0.6 is 0 Å². The Bertz CT molecular complexity index is 679. The lowest BCUT2D eigenvalue weighted by molar-refractivity contribution is -0.0453. The second kappa shape index (κ2) is 10.8. The number of morpholine rings is 1. The van der Waals surface area contributed by atoms with E-state index in [1.54, 1.807) is 0 Å². The first-order valence-electron chi connectivity index (χ1n) is 11.2. The molecule has 6 nitrogen and oxygen atoms in total. The molecule has 0 amide bonds. The molecule has 162 valence electrons. The quantitative estimate of drug-likeness (QED) is 0.517. The van der Waals surface area contributed by atoms with Crippen LogP contribution in [0.15, 0.2) is 23.2 Å². The van der Waals surface area contributed by atoms with Gasteiger partial charge < -0.3 is 20.1 Å². The zero-order chi connectivity index (χ0) is 20.6. The van der Waals surface area contributed by atoms with Crippen molar-refractivity contribution < 1.29 is 9.47 Å². The zero-order valence-electron chi connectivity index (χ0n) is 18.5. The fourth-order valence-electron chi connectivity index (χ4n) is 3.93. The highest BCUT2D eigenvalue weighted by atomic mass is 16.5. The first kappa shape index (κ1) is 21.9. The summed E-state index contributed by atoms with van der Waals surface area (Å²) in [6.07, 6.45) is 3.98. The van der Waals surface area contributed by atoms with Crippen molar-refractivity contribution in [2.24, 2.45) is 4.99 Å². The molecule has 29 heavy (non-hydrogen) atoms. The number of benzene rings is 1. The lowest BCUT2D eigenvalue weighted by atomic mass is 10.1. The number of aryl methyl sites for hydroxylation is 1. The van der Waals surface area contributed by atoms with Gasteiger partial charge in [0, 0.05) is 31.2 Å². The van der Waals surface area contributed by atoms with Crippen LogP contribution in [0, 0.1) is 6.92 Å². The van der Waals surface area contributed by atoms with Gasteiger partial charge in [0.15, 0.2) is 5.96 Å². The molecule has 0 aromatic heterocycles. The van der Waals surface area contributed by atoms with E-state index in [2.05, 4.69) is 61.4 Å². The molecule has 2 N–H and O–H groups in total. The van der Waals surface area contributed by atoms with Crippen LogP contribution in [0.3, 0.4) is 0 Å². The normalized spacial score (nSPS) is 23.5. The van der Waals surface area contributed by atoms with E-state index in [0.717, 1.165) is 49.9 Å². The van der Waals surface area contributed by atoms with Crippen LogP contribution in [-0.2, 0) is 11.3 Å². The van der Waals surface area contributed by atoms with Crippen LogP contribution in [0.2, 0.25) is 0 Å². The predicted octanol–water partition coefficient (Wildman–Crippen LogP) is 3.09. The summed E-state index contributed by atoms with van der Waals surface area (Å²) >= 11 is 0. The number of fused-ring (bicyclic) bond motifs is 1. The van der Waals surface area contributed by atoms with E-state index in [4.69, 9.17) is 14.5 Å². The number of hydrogen-bond donors (Lipinski definition) is 2. The van der Waals surface area contributed by atoms with Crippen LogP contribution in [0.25, 0.3) is 0 Å². The molecule has 0 bridgehead atoms. The van der Waals surface area contributed by atoms with Crippen LogP contribution in [0.5, 0.6) is 5.75 Å². The maximum absolute atomic E-state index is 6.13. The van der Waals surface area contributed by atoms with Gasteiger partial charge in [-0.3, -0.25) is 4.90 Å². The summed E-state index contributed by atoms with van der Waals surface area (Å²) in [4.78, 5) is 7.38. The van der Waals surface area contributed by atoms with Crippen molar-refractivity contribution in [3.05, 3.63) is 29.3 Å². The van der Waals surface area contributed by atoms with Crippen molar-refractivity contribution in [3.63, 3.8) is 0 Å². The van der Waals surface area contributed by atoms with Crippen molar-refractivity contribution in [1.29, 1.82) is 0 Å². The molecule has 2 heterocycles. The third kappa shape index (κ3) is 6.34. The first-order valence-corrected chi connectivity index (χ1v) is 11.2. The molecule has 1 aromatic carbocycles. The Labute approximate surface area is 176 Å². The van der Waals surface area contributed by atoms with E-state index >= 15 is 0 Å². The van der Waals surface area contributed by atoms with Gasteiger partial charge >= 0.3 is 0 Å². The second-order valence-corrected chi connectivity index (χ2v) is 8.27. The highest BCUT2D eigenvalue weighted by molar-refractivity contribution is 5.79. The molecule has 0 aliphatic carbocycles. The van der Waals surface area contributed by atoms with Gasteiger partial charge in [-0.15, -0.1) is 0 Å². The molecule has 0 radical (unpaired) electrons. The standard InChI is InChI=1S/C23H38N4O2/c1-5-18(4)29-22-12-17(3)9-10-19(22)13-25-23(24-6-2)26-14-21-15-27-11-7-8-20(27)16-28-21/h9-10,12,18,20-21H,5-8,11,13-16H2,1-4H3,(H2,24,25,26). The molecule has 3 unspecified atom stereocenters. The number of guanidine groups is 1. The Kier molecular flexibility index (Phi) is 8.19. The predicted molar refractivity (Wildman–Crippen MR) is 119 cm³/mol. The summed E-state index contributed by atoms with van der Waals surface area (Å²) in [5, 5.41) is 6.82. The van der Waals surface area contributed by atoms with Crippen LogP contribution in [-0.4, -0.2) is 61.9 Å². The summed E-state index contributed by atoms with van der Waals surface area (Å²) in [5.41, 5.74) is 2.32. The molecular weight excluding hydrogens is 364 g/mol. The minimum Gasteiger partial charge on any atom is -0.490 e. The highest BCUT2D eigenvalue weighted by Crippen LogP contribution is 2.24. The number of nitrogens with one attached hydrogen (secondary N) is 2. The second-order valence-electron chi connectivity index (χ2n) is 8.27. The Morgan fingerprint density at radius 3 is 3.00 bits per heavy atom. The molecular formula is C23H38N4O2. The van der Waals surface area contributed by atoms with E-state index in [-0.39, 0.29) is 12.2 Å². The van der Waals surface area contributed by atoms with Gasteiger partial charge in [-0.2, -0.15) is 0 Å². The Morgan fingerprint density at radius 1 is 1.34 bits per heavy atom. The molecule has 2 aliphatic heterocycles. The molecule has 3 rings (SSSR count). The average molecular weight is 403 g/mol. The van der Waals surface area contributed by atoms with Crippen molar-refractivity contribution in [2.75, 3.05) is 32.8 Å². The Morgan fingerprint density at radius 2 is 2.21 bits per heavy atom. The Hall–Kier alpha value is -1.79. The summed E-state index contributed by atoms with van der Waals surface area (Å²) in [7, 11) is 0. The zero-order valence-corrected chi connectivity index (χ0v) is 18.5. The fraction of sp³-hybridized carbons (Fsp3) is 0.696. The van der Waals surface area contributed by atoms with Gasteiger partial charge in [0.25, 0.3) is 0 Å². The third-order valence-electron chi connectivity index (χ3n) is 5.84. The maximum atomic E-state index is 6.13. The first-order chi connectivity index (χ1) is 14.1. The van der Waals surface area contributed by atoms with Crippen molar-refractivity contribution >= 4 is 5.96 Å². The van der Waals surface area contributed by atoms with Crippen LogP contribution in [0.4, 0.5) is 0 Å². The van der Waals surface area contributed by atoms with E-state index in [1.807, 2.05) is 0 Å². The largest absolute Gasteiger partial charge is 0.490 e. The number of hydrogen-bond acceptors (Lipinski definition) is 4. The number of nitrogens with zero attached hydrogens (tertiary/aromatic N) is 2. The van der Waals surface area contributed by atoms with Gasteiger partial charge in [-0.25, -0.2) is 4.99 Å². The van der Waals surface area contributed by atoms with Gasteiger partial charge in [-0.05, 0) is 58.2 Å². The lowest BCUT2D eigenvalue weighted by Crippen LogP contribution is -2.51. The molecule has 2 saturated heterocycles. The smallest absolute Gasteiger partial charge is 0.191 e. The molecule has 6 heteroatoms. The lowest BCUT2D eigenvalue weighted by Gasteiger charge is -2.35. The third-order valence-corrected chi connectivity index (χ3v) is 5.84. The number of aliphatic imine (C=N–C) groups is 1. The minimum atomic E-state index is 0.198. The topological polar surface area (TPSA) is 58.1 Å². The summed E-state index contributed by atoms with van der Waals surface area (Å²) in [6.45, 7) is 13.7. The van der Waals surface area contributed by atoms with E-state index in [0.29, 0.717) is 12.6 Å². The fourth-order valence-corrected chi connectivity index (χ4v) is 3.93. The van der Waals surface area contributed by atoms with Crippen molar-refractivity contribution in [2.45, 2.75) is 71.8 Å². The maximum Gasteiger partial charge on any atom is 0.191 e. The minimum absolute atomic E-state index is 0.198. The summed E-state index contributed by atoms with van der Waals surface area (Å²) < 4.78 is 12.2. The van der Waals surface area contributed by atoms with E-state index in [1.165, 1.54) is 24.9 Å². The van der Waals surface area contributed by atoms with Gasteiger partial charge in [-0.1, -0.05) is 19.1 Å². The molecule has 2 aliphatic rings. The summed E-state index contributed by atoms with van der Waals surface area (Å²) in [5.74, 6) is 1.77. The molecule has 0 saturated carbocycles. The van der Waals surface area contributed by atoms with Crippen molar-refractivity contribution in [1.82, 2.24) is 15.5 Å². The molecule has 3 atom stereocenters. The number of rotatable bonds is 8. The number of ether oxygens (including phenoxy) is 2.